The average molecular weight is 372 g/mol. The molecular formula is C20H19ClFN3O. The highest BCUT2D eigenvalue weighted by Gasteiger charge is 2.22. The number of rotatable bonds is 5. The largest absolute Gasteiger partial charge is 0.386 e. The van der Waals surface area contributed by atoms with Crippen LogP contribution in [0.15, 0.2) is 65.3 Å². The zero-order valence-electron chi connectivity index (χ0n) is 14.1. The number of nitrogens with one attached hydrogen (secondary N) is 1. The van der Waals surface area contributed by atoms with Crippen LogP contribution in [0.3, 0.4) is 0 Å². The quantitative estimate of drug-likeness (QED) is 0.462. The molecule has 0 saturated carbocycles. The molecule has 0 spiro atoms. The second-order valence-corrected chi connectivity index (χ2v) is 6.44. The predicted octanol–water partition coefficient (Wildman–Crippen LogP) is 4.50. The first-order valence-electron chi connectivity index (χ1n) is 8.29. The fraction of sp³-hybridized carbons (Fsp3) is 0.200. The van der Waals surface area contributed by atoms with Gasteiger partial charge in [-0.25, -0.2) is 9.38 Å². The second kappa shape index (κ2) is 8.15. The van der Waals surface area contributed by atoms with Gasteiger partial charge in [0.1, 0.15) is 11.7 Å². The lowest BCUT2D eigenvalue weighted by Gasteiger charge is -2.24. The van der Waals surface area contributed by atoms with Crippen LogP contribution in [0, 0.1) is 5.82 Å². The molecule has 26 heavy (non-hydrogen) atoms. The molecule has 0 amide bonds. The topological polar surface area (TPSA) is 67.5 Å². The van der Waals surface area contributed by atoms with E-state index in [0.29, 0.717) is 24.4 Å². The first kappa shape index (κ1) is 18.1. The Morgan fingerprint density at radius 2 is 1.92 bits per heavy atom. The number of amidine groups is 1. The number of nitrogens with zero attached hydrogens (tertiary/aromatic N) is 1. The van der Waals surface area contributed by atoms with Crippen molar-refractivity contribution in [3.8, 4) is 0 Å². The molecule has 0 saturated heterocycles. The molecule has 1 unspecified atom stereocenters. The number of carbonyl (C=O) groups excluding carboxylic acids is 1. The number of benzene rings is 2. The van der Waals surface area contributed by atoms with Gasteiger partial charge in [-0.3, -0.25) is 4.79 Å². The number of hydrogen-bond donors (Lipinski definition) is 2. The lowest BCUT2D eigenvalue weighted by molar-refractivity contribution is -0.115. The third-order valence-corrected chi connectivity index (χ3v) is 4.46. The monoisotopic (exact) mass is 371 g/mol. The number of allylic oxidation sites excluding steroid dienone is 2. The van der Waals surface area contributed by atoms with Crippen LogP contribution in [0.1, 0.15) is 24.3 Å². The molecule has 0 bridgehead atoms. The number of hydrogen-bond acceptors (Lipinski definition) is 3. The summed E-state index contributed by atoms with van der Waals surface area (Å²) in [7, 11) is 0. The van der Waals surface area contributed by atoms with Crippen molar-refractivity contribution in [1.82, 2.24) is 0 Å². The third kappa shape index (κ3) is 4.49. The Labute approximate surface area is 156 Å². The van der Waals surface area contributed by atoms with Crippen molar-refractivity contribution >= 4 is 34.6 Å². The maximum atomic E-state index is 13.1. The number of halogens is 2. The number of carbonyl (C=O) groups is 1. The molecular weight excluding hydrogens is 353 g/mol. The zero-order chi connectivity index (χ0) is 18.5. The third-order valence-electron chi connectivity index (χ3n) is 4.19. The molecule has 3 rings (SSSR count). The Kier molecular flexibility index (Phi) is 5.68. The Morgan fingerprint density at radius 3 is 2.65 bits per heavy atom. The predicted molar refractivity (Wildman–Crippen MR) is 104 cm³/mol. The van der Waals surface area contributed by atoms with E-state index >= 15 is 0 Å². The average Bonchev–Trinajstić information content (AvgIpc) is 2.63. The molecule has 0 aliphatic heterocycles. The summed E-state index contributed by atoms with van der Waals surface area (Å²) in [4.78, 5) is 16.5. The first-order valence-corrected chi connectivity index (χ1v) is 8.82. The highest BCUT2D eigenvalue weighted by Crippen LogP contribution is 2.34. The smallest absolute Gasteiger partial charge is 0.158 e. The van der Waals surface area contributed by atoms with Gasteiger partial charge in [0.05, 0.1) is 17.3 Å². The summed E-state index contributed by atoms with van der Waals surface area (Å²) < 4.78 is 13.1. The molecule has 1 aliphatic rings. The van der Waals surface area contributed by atoms with Crippen LogP contribution in [0.2, 0.25) is 0 Å². The van der Waals surface area contributed by atoms with Crippen LogP contribution in [0.5, 0.6) is 0 Å². The van der Waals surface area contributed by atoms with Crippen LogP contribution < -0.4 is 11.1 Å². The number of aliphatic imine (C=N–C) groups is 1. The van der Waals surface area contributed by atoms with Crippen molar-refractivity contribution in [3.63, 3.8) is 0 Å². The highest BCUT2D eigenvalue weighted by atomic mass is 35.5. The van der Waals surface area contributed by atoms with Crippen LogP contribution in [-0.4, -0.2) is 17.5 Å². The van der Waals surface area contributed by atoms with Crippen LogP contribution >= 0.6 is 11.6 Å². The van der Waals surface area contributed by atoms with Crippen LogP contribution in [0.25, 0.3) is 0 Å². The molecule has 6 heteroatoms. The van der Waals surface area contributed by atoms with Crippen LogP contribution in [0.4, 0.5) is 15.8 Å². The van der Waals surface area contributed by atoms with Gasteiger partial charge in [0.25, 0.3) is 0 Å². The molecule has 3 N–H and O–H groups in total. The fourth-order valence-corrected chi connectivity index (χ4v) is 3.04. The summed E-state index contributed by atoms with van der Waals surface area (Å²) in [6, 6.07) is 13.7. The molecule has 0 aromatic heterocycles. The van der Waals surface area contributed by atoms with Gasteiger partial charge in [-0.1, -0.05) is 24.3 Å². The Balaban J connectivity index is 1.82. The second-order valence-electron chi connectivity index (χ2n) is 6.17. The first-order chi connectivity index (χ1) is 12.5. The van der Waals surface area contributed by atoms with Gasteiger partial charge in [0.2, 0.25) is 0 Å². The molecule has 2 aromatic rings. The minimum atomic E-state index is -0.284. The van der Waals surface area contributed by atoms with E-state index in [-0.39, 0.29) is 23.4 Å². The SMILES string of the molecule is NC(CCl)=Nc1ccccc1NC1=CC(=O)CC(c2ccc(F)cc2)C1. The summed E-state index contributed by atoms with van der Waals surface area (Å²) in [5.74, 6) is 0.225. The minimum absolute atomic E-state index is 0.0131. The van der Waals surface area contributed by atoms with E-state index in [2.05, 4.69) is 10.3 Å². The van der Waals surface area contributed by atoms with E-state index in [1.165, 1.54) is 12.1 Å². The van der Waals surface area contributed by atoms with Crippen molar-refractivity contribution in [3.05, 3.63) is 71.7 Å². The van der Waals surface area contributed by atoms with E-state index < -0.39 is 0 Å². The summed E-state index contributed by atoms with van der Waals surface area (Å²) in [6.07, 6.45) is 2.68. The number of para-hydroxylation sites is 2. The van der Waals surface area contributed by atoms with Crippen molar-refractivity contribution in [2.24, 2.45) is 10.7 Å². The summed E-state index contributed by atoms with van der Waals surface area (Å²) in [5.41, 5.74) is 8.88. The van der Waals surface area contributed by atoms with Crippen molar-refractivity contribution in [1.29, 1.82) is 0 Å². The molecule has 0 heterocycles. The minimum Gasteiger partial charge on any atom is -0.386 e. The lowest BCUT2D eigenvalue weighted by atomic mass is 9.85. The highest BCUT2D eigenvalue weighted by molar-refractivity contribution is 6.28. The van der Waals surface area contributed by atoms with Gasteiger partial charge >= 0.3 is 0 Å². The van der Waals surface area contributed by atoms with E-state index in [4.69, 9.17) is 17.3 Å². The van der Waals surface area contributed by atoms with E-state index in [1.54, 1.807) is 18.2 Å². The number of nitrogens with two attached hydrogens (primary N) is 1. The van der Waals surface area contributed by atoms with E-state index in [0.717, 1.165) is 16.9 Å². The maximum absolute atomic E-state index is 13.1. The van der Waals surface area contributed by atoms with Crippen LogP contribution in [-0.2, 0) is 4.79 Å². The molecule has 1 aliphatic carbocycles. The van der Waals surface area contributed by atoms with E-state index in [9.17, 15) is 9.18 Å². The fourth-order valence-electron chi connectivity index (χ4n) is 2.98. The Morgan fingerprint density at radius 1 is 1.19 bits per heavy atom. The molecule has 134 valence electrons. The van der Waals surface area contributed by atoms with Crippen molar-refractivity contribution in [2.45, 2.75) is 18.8 Å². The Bertz CT molecular complexity index is 862. The van der Waals surface area contributed by atoms with Gasteiger partial charge in [-0.15, -0.1) is 11.6 Å². The zero-order valence-corrected chi connectivity index (χ0v) is 14.8. The van der Waals surface area contributed by atoms with Gasteiger partial charge in [0.15, 0.2) is 5.78 Å². The number of anilines is 1. The molecule has 4 nitrogen and oxygen atoms in total. The summed E-state index contributed by atoms with van der Waals surface area (Å²) >= 11 is 5.70. The maximum Gasteiger partial charge on any atom is 0.158 e. The van der Waals surface area contributed by atoms with Crippen molar-refractivity contribution in [2.75, 3.05) is 11.2 Å². The van der Waals surface area contributed by atoms with Gasteiger partial charge < -0.3 is 11.1 Å². The van der Waals surface area contributed by atoms with E-state index in [1.807, 2.05) is 24.3 Å². The standard InChI is InChI=1S/C20H19ClFN3O/c21-12-20(23)25-19-4-2-1-3-18(19)24-16-9-14(10-17(26)11-16)13-5-7-15(22)8-6-13/h1-8,11,14,24H,9-10,12H2,(H2,23,25). The van der Waals surface area contributed by atoms with Gasteiger partial charge in [-0.2, -0.15) is 0 Å². The molecule has 2 aromatic carbocycles. The van der Waals surface area contributed by atoms with Crippen molar-refractivity contribution < 1.29 is 9.18 Å². The number of alkyl halides is 1. The normalized spacial score (nSPS) is 17.8. The lowest BCUT2D eigenvalue weighted by Crippen LogP contribution is -2.17. The molecule has 0 fully saturated rings. The summed E-state index contributed by atoms with van der Waals surface area (Å²) in [5, 5.41) is 3.28. The number of ketones is 1. The van der Waals surface area contributed by atoms with Gasteiger partial charge in [0, 0.05) is 18.2 Å². The summed E-state index contributed by atoms with van der Waals surface area (Å²) in [6.45, 7) is 0. The Hall–Kier alpha value is -2.66. The molecule has 0 radical (unpaired) electrons. The van der Waals surface area contributed by atoms with Gasteiger partial charge in [-0.05, 0) is 42.2 Å². The molecule has 1 atom stereocenters.